The molecule has 14 heteroatoms. The molecule has 3 aromatic rings. The van der Waals surface area contributed by atoms with E-state index in [9.17, 15) is 17.6 Å². The van der Waals surface area contributed by atoms with Crippen LogP contribution in [0, 0.1) is 5.92 Å². The van der Waals surface area contributed by atoms with Crippen molar-refractivity contribution in [1.82, 2.24) is 20.3 Å². The topological polar surface area (TPSA) is 139 Å². The van der Waals surface area contributed by atoms with E-state index < -0.39 is 39.1 Å². The number of alkyl halides is 1. The zero-order valence-corrected chi connectivity index (χ0v) is 29.0. The van der Waals surface area contributed by atoms with Gasteiger partial charge < -0.3 is 29.9 Å². The highest BCUT2D eigenvalue weighted by Crippen LogP contribution is 2.38. The number of rotatable bonds is 10. The van der Waals surface area contributed by atoms with E-state index in [1.54, 1.807) is 33.0 Å². The summed E-state index contributed by atoms with van der Waals surface area (Å²) in [6, 6.07) is 7.93. The summed E-state index contributed by atoms with van der Waals surface area (Å²) in [5, 5.41) is 7.19. The third kappa shape index (κ3) is 8.21. The minimum Gasteiger partial charge on any atom is -0.444 e. The number of methoxy groups -OCH3 is 1. The summed E-state index contributed by atoms with van der Waals surface area (Å²) in [6.07, 6.45) is 3.07. The van der Waals surface area contributed by atoms with Crippen molar-refractivity contribution < 1.29 is 27.1 Å². The summed E-state index contributed by atoms with van der Waals surface area (Å²) in [7, 11) is -1.91. The van der Waals surface area contributed by atoms with Crippen molar-refractivity contribution in [3.63, 3.8) is 0 Å². The Labute approximate surface area is 276 Å². The Morgan fingerprint density at radius 1 is 1.09 bits per heavy atom. The number of ether oxygens (including phenoxy) is 2. The molecule has 1 amide bonds. The lowest BCUT2D eigenvalue weighted by Gasteiger charge is -2.44. The number of anilines is 4. The zero-order valence-electron chi connectivity index (χ0n) is 28.2. The van der Waals surface area contributed by atoms with Gasteiger partial charge in [-0.3, -0.25) is 0 Å². The molecule has 0 unspecified atom stereocenters. The molecule has 2 aromatic heterocycles. The summed E-state index contributed by atoms with van der Waals surface area (Å²) in [5.41, 5.74) is 1.45. The van der Waals surface area contributed by atoms with E-state index in [0.717, 1.165) is 22.0 Å². The van der Waals surface area contributed by atoms with Crippen molar-refractivity contribution in [3.8, 4) is 0 Å². The van der Waals surface area contributed by atoms with Gasteiger partial charge in [0.1, 0.15) is 23.4 Å². The molecule has 3 atom stereocenters. The Bertz CT molecular complexity index is 1690. The van der Waals surface area contributed by atoms with Gasteiger partial charge in [-0.2, -0.15) is 4.98 Å². The van der Waals surface area contributed by atoms with Crippen molar-refractivity contribution in [2.45, 2.75) is 70.1 Å². The van der Waals surface area contributed by atoms with Crippen LogP contribution in [0.25, 0.3) is 10.8 Å². The average molecular weight is 672 g/mol. The number of amides is 1. The molecule has 2 aliphatic heterocycles. The first-order valence-electron chi connectivity index (χ1n) is 16.0. The van der Waals surface area contributed by atoms with E-state index in [-0.39, 0.29) is 24.9 Å². The molecule has 12 nitrogen and oxygen atoms in total. The van der Waals surface area contributed by atoms with Crippen LogP contribution in [0.4, 0.5) is 32.5 Å². The summed E-state index contributed by atoms with van der Waals surface area (Å²) in [4.78, 5) is 29.9. The number of carbonyl (C=O) groups excluding carboxylic acids is 1. The van der Waals surface area contributed by atoms with E-state index >= 15 is 0 Å². The molecule has 0 saturated carbocycles. The Morgan fingerprint density at radius 3 is 2.47 bits per heavy atom. The standard InChI is InChI=1S/C33H46FN7O5S/c1-20(2)22-8-9-26(41-17-21(18-41)28(47(7,43)44)16-37-32(42)46-33(3,4)5)24-15-36-30(14-23(22)24)38-29-10-12-35-31(39-29)40-13-11-27(45-6)25(34)19-40/h8-10,12,14-15,20-21,25,27-28H,11,13,16-19H2,1-7H3,(H,37,42)(H,35,36,38,39)/t25-,27+,28+/m0/s1. The van der Waals surface area contributed by atoms with Gasteiger partial charge in [0.25, 0.3) is 0 Å². The van der Waals surface area contributed by atoms with Crippen LogP contribution in [-0.2, 0) is 19.3 Å². The van der Waals surface area contributed by atoms with Crippen LogP contribution >= 0.6 is 0 Å². The van der Waals surface area contributed by atoms with Crippen molar-refractivity contribution in [1.29, 1.82) is 0 Å². The van der Waals surface area contributed by atoms with Crippen molar-refractivity contribution in [3.05, 3.63) is 42.2 Å². The summed E-state index contributed by atoms with van der Waals surface area (Å²) in [5.74, 6) is 1.68. The lowest BCUT2D eigenvalue weighted by Crippen LogP contribution is -2.57. The zero-order chi connectivity index (χ0) is 34.1. The number of hydrogen-bond acceptors (Lipinski definition) is 11. The van der Waals surface area contributed by atoms with Crippen LogP contribution in [0.5, 0.6) is 0 Å². The number of aromatic nitrogens is 3. The molecule has 0 spiro atoms. The molecule has 2 saturated heterocycles. The van der Waals surface area contributed by atoms with Crippen molar-refractivity contribution in [2.75, 3.05) is 61.2 Å². The number of piperidine rings is 1. The van der Waals surface area contributed by atoms with Gasteiger partial charge in [0.05, 0.1) is 17.9 Å². The predicted molar refractivity (Wildman–Crippen MR) is 182 cm³/mol. The number of sulfone groups is 1. The highest BCUT2D eigenvalue weighted by Gasteiger charge is 2.40. The third-order valence-electron chi connectivity index (χ3n) is 8.67. The van der Waals surface area contributed by atoms with Gasteiger partial charge in [-0.15, -0.1) is 0 Å². The third-order valence-corrected chi connectivity index (χ3v) is 10.3. The van der Waals surface area contributed by atoms with Crippen LogP contribution in [0.3, 0.4) is 0 Å². The molecular formula is C33H46FN7O5S. The predicted octanol–water partition coefficient (Wildman–Crippen LogP) is 4.83. The smallest absolute Gasteiger partial charge is 0.407 e. The Hall–Kier alpha value is -3.78. The van der Waals surface area contributed by atoms with E-state index in [1.807, 2.05) is 17.2 Å². The van der Waals surface area contributed by atoms with Gasteiger partial charge in [-0.25, -0.2) is 27.6 Å². The summed E-state index contributed by atoms with van der Waals surface area (Å²) < 4.78 is 50.5. The van der Waals surface area contributed by atoms with E-state index in [1.165, 1.54) is 13.4 Å². The first kappa shape index (κ1) is 34.6. The molecule has 2 N–H and O–H groups in total. The van der Waals surface area contributed by atoms with Crippen LogP contribution in [-0.4, -0.2) is 98.7 Å². The SMILES string of the molecule is CO[C@@H]1CCN(c2nccc(Nc3cc4c(C(C)C)ccc(N5CC([C@@H](CNC(=O)OC(C)(C)C)S(C)(=O)=O)C5)c4cn3)n2)C[C@@H]1F. The monoisotopic (exact) mass is 671 g/mol. The second-order valence-electron chi connectivity index (χ2n) is 13.8. The number of benzene rings is 1. The van der Waals surface area contributed by atoms with Crippen LogP contribution in [0.2, 0.25) is 0 Å². The fraction of sp³-hybridized carbons (Fsp3) is 0.576. The fourth-order valence-corrected chi connectivity index (χ4v) is 7.49. The fourth-order valence-electron chi connectivity index (χ4n) is 6.24. The average Bonchev–Trinajstić information content (AvgIpc) is 2.96. The van der Waals surface area contributed by atoms with Gasteiger partial charge in [0.2, 0.25) is 5.95 Å². The highest BCUT2D eigenvalue weighted by atomic mass is 32.2. The molecule has 0 radical (unpaired) electrons. The van der Waals surface area contributed by atoms with Crippen LogP contribution < -0.4 is 20.4 Å². The number of fused-ring (bicyclic) bond motifs is 1. The van der Waals surface area contributed by atoms with E-state index in [4.69, 9.17) is 14.5 Å². The molecule has 0 aliphatic carbocycles. The number of halogens is 1. The lowest BCUT2D eigenvalue weighted by atomic mass is 9.91. The van der Waals surface area contributed by atoms with Gasteiger partial charge >= 0.3 is 6.09 Å². The number of alkyl carbamates (subject to hydrolysis) is 1. The van der Waals surface area contributed by atoms with Gasteiger partial charge in [0, 0.05) is 68.9 Å². The largest absolute Gasteiger partial charge is 0.444 e. The molecule has 0 bridgehead atoms. The normalized spacial score (nSPS) is 19.9. The first-order valence-corrected chi connectivity index (χ1v) is 17.9. The molecule has 4 heterocycles. The molecule has 5 rings (SSSR count). The number of nitrogens with zero attached hydrogens (tertiary/aromatic N) is 5. The Kier molecular flexibility index (Phi) is 10.1. The number of pyridine rings is 1. The minimum atomic E-state index is -3.44. The van der Waals surface area contributed by atoms with E-state index in [0.29, 0.717) is 43.6 Å². The number of carbonyl (C=O) groups is 1. The Balaban J connectivity index is 1.32. The first-order chi connectivity index (χ1) is 22.1. The Morgan fingerprint density at radius 2 is 1.83 bits per heavy atom. The van der Waals surface area contributed by atoms with Gasteiger partial charge in [0.15, 0.2) is 9.84 Å². The van der Waals surface area contributed by atoms with Gasteiger partial charge in [-0.1, -0.05) is 19.9 Å². The van der Waals surface area contributed by atoms with Crippen molar-refractivity contribution >= 4 is 50.0 Å². The molecular weight excluding hydrogens is 625 g/mol. The maximum absolute atomic E-state index is 14.5. The molecule has 1 aromatic carbocycles. The van der Waals surface area contributed by atoms with Crippen LogP contribution in [0.1, 0.15) is 52.5 Å². The lowest BCUT2D eigenvalue weighted by molar-refractivity contribution is 0.0194. The molecule has 256 valence electrons. The second kappa shape index (κ2) is 13.8. The van der Waals surface area contributed by atoms with Gasteiger partial charge in [-0.05, 0) is 62.3 Å². The maximum Gasteiger partial charge on any atom is 0.407 e. The number of hydrogen-bond donors (Lipinski definition) is 2. The number of nitrogens with one attached hydrogen (secondary N) is 2. The van der Waals surface area contributed by atoms with Crippen LogP contribution in [0.15, 0.2) is 36.7 Å². The van der Waals surface area contributed by atoms with E-state index in [2.05, 4.69) is 51.5 Å². The summed E-state index contributed by atoms with van der Waals surface area (Å²) in [6.45, 7) is 11.3. The minimum absolute atomic E-state index is 0.0135. The highest BCUT2D eigenvalue weighted by molar-refractivity contribution is 7.91. The molecule has 2 fully saturated rings. The van der Waals surface area contributed by atoms with Crippen molar-refractivity contribution in [2.24, 2.45) is 5.92 Å². The maximum atomic E-state index is 14.5. The molecule has 47 heavy (non-hydrogen) atoms. The summed E-state index contributed by atoms with van der Waals surface area (Å²) >= 11 is 0. The molecule has 2 aliphatic rings. The quantitative estimate of drug-likeness (QED) is 0.307. The second-order valence-corrected chi connectivity index (χ2v) is 16.0.